The Morgan fingerprint density at radius 3 is 3.00 bits per heavy atom. The Balaban J connectivity index is 1.57. The highest BCUT2D eigenvalue weighted by Crippen LogP contribution is 2.25. The average molecular weight is 293 g/mol. The zero-order valence-corrected chi connectivity index (χ0v) is 12.2. The van der Waals surface area contributed by atoms with E-state index >= 15 is 0 Å². The summed E-state index contributed by atoms with van der Waals surface area (Å²) in [5, 5.41) is 2.01. The highest BCUT2D eigenvalue weighted by molar-refractivity contribution is 7.10. The van der Waals surface area contributed by atoms with Crippen LogP contribution in [0.3, 0.4) is 0 Å². The first-order chi connectivity index (χ1) is 9.83. The van der Waals surface area contributed by atoms with Crippen molar-refractivity contribution in [1.82, 2.24) is 4.90 Å². The van der Waals surface area contributed by atoms with Crippen LogP contribution in [-0.2, 0) is 14.3 Å². The predicted molar refractivity (Wildman–Crippen MR) is 78.3 cm³/mol. The van der Waals surface area contributed by atoms with E-state index in [2.05, 4.69) is 0 Å². The molecule has 2 fully saturated rings. The summed E-state index contributed by atoms with van der Waals surface area (Å²) in [5.74, 6) is 0.395. The van der Waals surface area contributed by atoms with Crippen LogP contribution in [0.2, 0.25) is 0 Å². The third kappa shape index (κ3) is 3.29. The van der Waals surface area contributed by atoms with Gasteiger partial charge in [-0.2, -0.15) is 0 Å². The minimum atomic E-state index is -0.119. The van der Waals surface area contributed by atoms with Crippen LogP contribution in [-0.4, -0.2) is 43.4 Å². The molecular formula is C15H19NO3S. The first kappa shape index (κ1) is 13.8. The van der Waals surface area contributed by atoms with Crippen LogP contribution in [0.4, 0.5) is 0 Å². The second-order valence-corrected chi connectivity index (χ2v) is 6.12. The SMILES string of the molecule is O=C(/C=C/c1cccs1)N1CCCC(C2OCCO2)C1. The molecule has 0 radical (unpaired) electrons. The molecule has 3 heterocycles. The second-order valence-electron chi connectivity index (χ2n) is 5.15. The molecule has 0 aliphatic carbocycles. The molecule has 2 saturated heterocycles. The zero-order valence-electron chi connectivity index (χ0n) is 11.4. The lowest BCUT2D eigenvalue weighted by atomic mass is 9.97. The normalized spacial score (nSPS) is 24.6. The van der Waals surface area contributed by atoms with Crippen LogP contribution in [0.1, 0.15) is 17.7 Å². The van der Waals surface area contributed by atoms with Crippen LogP contribution in [0.15, 0.2) is 23.6 Å². The molecule has 0 saturated carbocycles. The van der Waals surface area contributed by atoms with Crippen LogP contribution >= 0.6 is 11.3 Å². The molecule has 2 aliphatic heterocycles. The fourth-order valence-electron chi connectivity index (χ4n) is 2.73. The maximum Gasteiger partial charge on any atom is 0.246 e. The van der Waals surface area contributed by atoms with Crippen molar-refractivity contribution in [2.75, 3.05) is 26.3 Å². The van der Waals surface area contributed by atoms with Gasteiger partial charge >= 0.3 is 0 Å². The molecule has 0 bridgehead atoms. The number of carbonyl (C=O) groups excluding carboxylic acids is 1. The van der Waals surface area contributed by atoms with Gasteiger partial charge in [0, 0.05) is 30.0 Å². The van der Waals surface area contributed by atoms with E-state index in [1.54, 1.807) is 17.4 Å². The van der Waals surface area contributed by atoms with E-state index in [9.17, 15) is 4.79 Å². The van der Waals surface area contributed by atoms with E-state index < -0.39 is 0 Å². The van der Waals surface area contributed by atoms with E-state index in [0.29, 0.717) is 19.1 Å². The van der Waals surface area contributed by atoms with Gasteiger partial charge in [-0.3, -0.25) is 4.79 Å². The lowest BCUT2D eigenvalue weighted by molar-refractivity contribution is -0.134. The largest absolute Gasteiger partial charge is 0.350 e. The predicted octanol–water partition coefficient (Wildman–Crippen LogP) is 2.37. The topological polar surface area (TPSA) is 38.8 Å². The number of carbonyl (C=O) groups is 1. The molecular weight excluding hydrogens is 274 g/mol. The Morgan fingerprint density at radius 1 is 1.40 bits per heavy atom. The third-order valence-corrected chi connectivity index (χ3v) is 4.57. The van der Waals surface area contributed by atoms with Gasteiger partial charge in [0.15, 0.2) is 6.29 Å². The van der Waals surface area contributed by atoms with E-state index in [1.807, 2.05) is 28.5 Å². The summed E-state index contributed by atoms with van der Waals surface area (Å²) >= 11 is 1.63. The summed E-state index contributed by atoms with van der Waals surface area (Å²) in [5.41, 5.74) is 0. The first-order valence-electron chi connectivity index (χ1n) is 7.06. The summed E-state index contributed by atoms with van der Waals surface area (Å²) in [6.45, 7) is 2.91. The Kier molecular flexibility index (Phi) is 4.50. The molecule has 5 heteroatoms. The quantitative estimate of drug-likeness (QED) is 0.803. The molecule has 0 aromatic carbocycles. The minimum absolute atomic E-state index is 0.0843. The zero-order chi connectivity index (χ0) is 13.8. The lowest BCUT2D eigenvalue weighted by Crippen LogP contribution is -2.43. The minimum Gasteiger partial charge on any atom is -0.350 e. The number of likely N-dealkylation sites (tertiary alicyclic amines) is 1. The Bertz CT molecular complexity index is 465. The molecule has 0 spiro atoms. The monoisotopic (exact) mass is 293 g/mol. The number of thiophene rings is 1. The van der Waals surface area contributed by atoms with Crippen LogP contribution in [0.5, 0.6) is 0 Å². The van der Waals surface area contributed by atoms with Crippen molar-refractivity contribution in [3.05, 3.63) is 28.5 Å². The van der Waals surface area contributed by atoms with E-state index in [1.165, 1.54) is 0 Å². The third-order valence-electron chi connectivity index (χ3n) is 3.74. The number of ether oxygens (including phenoxy) is 2. The fraction of sp³-hybridized carbons (Fsp3) is 0.533. The number of rotatable bonds is 3. The van der Waals surface area contributed by atoms with Gasteiger partial charge in [-0.25, -0.2) is 0 Å². The number of hydrogen-bond donors (Lipinski definition) is 0. The molecule has 20 heavy (non-hydrogen) atoms. The van der Waals surface area contributed by atoms with Crippen LogP contribution < -0.4 is 0 Å². The lowest BCUT2D eigenvalue weighted by Gasteiger charge is -2.34. The van der Waals surface area contributed by atoms with E-state index in [0.717, 1.165) is 30.8 Å². The van der Waals surface area contributed by atoms with Crippen LogP contribution in [0.25, 0.3) is 6.08 Å². The van der Waals surface area contributed by atoms with Gasteiger partial charge in [0.2, 0.25) is 5.91 Å². The molecule has 1 atom stereocenters. The van der Waals surface area contributed by atoms with E-state index in [-0.39, 0.29) is 12.2 Å². The van der Waals surface area contributed by atoms with Crippen molar-refractivity contribution in [2.45, 2.75) is 19.1 Å². The molecule has 1 amide bonds. The van der Waals surface area contributed by atoms with Crippen molar-refractivity contribution in [2.24, 2.45) is 5.92 Å². The highest BCUT2D eigenvalue weighted by atomic mass is 32.1. The van der Waals surface area contributed by atoms with Crippen LogP contribution in [0, 0.1) is 5.92 Å². The molecule has 1 aromatic heterocycles. The fourth-order valence-corrected chi connectivity index (χ4v) is 3.34. The number of amides is 1. The van der Waals surface area contributed by atoms with Gasteiger partial charge in [0.05, 0.1) is 13.2 Å². The highest BCUT2D eigenvalue weighted by Gasteiger charge is 2.32. The van der Waals surface area contributed by atoms with Crippen molar-refractivity contribution < 1.29 is 14.3 Å². The summed E-state index contributed by atoms with van der Waals surface area (Å²) in [7, 11) is 0. The van der Waals surface area contributed by atoms with Crippen molar-refractivity contribution in [3.63, 3.8) is 0 Å². The van der Waals surface area contributed by atoms with Crippen molar-refractivity contribution in [3.8, 4) is 0 Å². The molecule has 108 valence electrons. The van der Waals surface area contributed by atoms with Gasteiger partial charge in [0.1, 0.15) is 0 Å². The number of nitrogens with zero attached hydrogens (tertiary/aromatic N) is 1. The van der Waals surface area contributed by atoms with Gasteiger partial charge in [-0.1, -0.05) is 6.07 Å². The molecule has 3 rings (SSSR count). The molecule has 0 N–H and O–H groups in total. The number of hydrogen-bond acceptors (Lipinski definition) is 4. The van der Waals surface area contributed by atoms with Crippen molar-refractivity contribution in [1.29, 1.82) is 0 Å². The maximum atomic E-state index is 12.2. The summed E-state index contributed by atoms with van der Waals surface area (Å²) in [6.07, 6.45) is 5.53. The summed E-state index contributed by atoms with van der Waals surface area (Å²) in [6, 6.07) is 3.99. The maximum absolute atomic E-state index is 12.2. The van der Waals surface area contributed by atoms with Gasteiger partial charge < -0.3 is 14.4 Å². The van der Waals surface area contributed by atoms with E-state index in [4.69, 9.17) is 9.47 Å². The molecule has 4 nitrogen and oxygen atoms in total. The standard InChI is InChI=1S/C15H19NO3S/c17-14(6-5-13-4-2-10-20-13)16-7-1-3-12(11-16)15-18-8-9-19-15/h2,4-6,10,12,15H,1,3,7-9,11H2/b6-5+. The summed E-state index contributed by atoms with van der Waals surface area (Å²) < 4.78 is 11.1. The van der Waals surface area contributed by atoms with Gasteiger partial charge in [-0.15, -0.1) is 11.3 Å². The Labute approximate surface area is 123 Å². The smallest absolute Gasteiger partial charge is 0.246 e. The average Bonchev–Trinajstić information content (AvgIpc) is 3.18. The summed E-state index contributed by atoms with van der Waals surface area (Å²) in [4.78, 5) is 15.2. The van der Waals surface area contributed by atoms with Crippen molar-refractivity contribution >= 4 is 23.3 Å². The van der Waals surface area contributed by atoms with Gasteiger partial charge in [-0.05, 0) is 30.4 Å². The van der Waals surface area contributed by atoms with Gasteiger partial charge in [0.25, 0.3) is 0 Å². The number of piperidine rings is 1. The molecule has 1 unspecified atom stereocenters. The Morgan fingerprint density at radius 2 is 2.25 bits per heavy atom. The first-order valence-corrected chi connectivity index (χ1v) is 7.94. The Hall–Kier alpha value is -1.17. The second kappa shape index (κ2) is 6.52. The molecule has 1 aromatic rings. The molecule has 2 aliphatic rings.